The highest BCUT2D eigenvalue weighted by Gasteiger charge is 2.62. The Morgan fingerprint density at radius 3 is 2.42 bits per heavy atom. The second kappa shape index (κ2) is 11.7. The summed E-state index contributed by atoms with van der Waals surface area (Å²) < 4.78 is 5.73. The molecular formula is C31H56O5. The van der Waals surface area contributed by atoms with E-state index in [1.165, 1.54) is 32.1 Å². The Morgan fingerprint density at radius 2 is 1.81 bits per heavy atom. The van der Waals surface area contributed by atoms with Crippen molar-refractivity contribution in [3.8, 4) is 0 Å². The first-order valence-electron chi connectivity index (χ1n) is 14.7. The smallest absolute Gasteiger partial charge is 0.0910 e. The molecule has 4 aliphatic carbocycles. The first-order valence-corrected chi connectivity index (χ1v) is 14.7. The number of hydrogen-bond donors (Lipinski definition) is 4. The quantitative estimate of drug-likeness (QED) is 0.332. The average molecular weight is 509 g/mol. The number of methoxy groups -OCH3 is 1. The minimum atomic E-state index is -1.09. The fraction of sp³-hybridized carbons (Fsp3) is 0.935. The minimum absolute atomic E-state index is 0.0847. The van der Waals surface area contributed by atoms with Gasteiger partial charge in [0.1, 0.15) is 0 Å². The monoisotopic (exact) mass is 508 g/mol. The summed E-state index contributed by atoms with van der Waals surface area (Å²) in [6.45, 7) is 11.2. The topological polar surface area (TPSA) is 90.2 Å². The number of aliphatic hydroxyl groups is 4. The maximum atomic E-state index is 11.8. The molecule has 3 fully saturated rings. The Balaban J connectivity index is 0.00000176. The molecule has 11 atom stereocenters. The number of hydrogen-bond acceptors (Lipinski definition) is 5. The summed E-state index contributed by atoms with van der Waals surface area (Å²) in [6, 6.07) is 0. The van der Waals surface area contributed by atoms with Crippen LogP contribution in [0.25, 0.3) is 0 Å². The third-order valence-electron chi connectivity index (χ3n) is 11.9. The molecule has 4 aliphatic rings. The third-order valence-corrected chi connectivity index (χ3v) is 11.9. The fourth-order valence-electron chi connectivity index (χ4n) is 9.50. The van der Waals surface area contributed by atoms with Crippen molar-refractivity contribution in [3.05, 3.63) is 11.6 Å². The zero-order valence-electron chi connectivity index (χ0n) is 24.2. The Hall–Kier alpha value is -0.460. The summed E-state index contributed by atoms with van der Waals surface area (Å²) in [5.41, 5.74) is 0.959. The molecule has 0 aromatic heterocycles. The van der Waals surface area contributed by atoms with Crippen molar-refractivity contribution in [2.45, 2.75) is 117 Å². The van der Waals surface area contributed by atoms with E-state index in [1.54, 1.807) is 5.57 Å². The molecule has 0 saturated heterocycles. The van der Waals surface area contributed by atoms with Crippen molar-refractivity contribution in [2.24, 2.45) is 46.3 Å². The normalized spacial score (nSPS) is 41.9. The molecule has 5 heteroatoms. The van der Waals surface area contributed by atoms with Gasteiger partial charge in [0.15, 0.2) is 0 Å². The molecule has 3 saturated carbocycles. The van der Waals surface area contributed by atoms with Gasteiger partial charge >= 0.3 is 0 Å². The SMILES string of the molecule is CC[C@H](C[C@@H](O)[C@](C)(O)[C@H]1CC[C@H]2[C@@H]3CC=C4C[C@@H](OC)CC[C@]4(C)[C@H]3CC[C@]12C)[C@H](C)CO.CO. The molecule has 210 valence electrons. The van der Waals surface area contributed by atoms with E-state index in [9.17, 15) is 15.3 Å². The Bertz CT molecular complexity index is 749. The zero-order valence-corrected chi connectivity index (χ0v) is 24.2. The standard InChI is InChI=1S/C30H52O4.CH4O/c1-7-20(19(2)18-31)16-27(32)30(5,33)26-11-10-24-23-9-8-21-17-22(34-6)12-14-28(21,3)25(23)13-15-29(24,26)4;1-2/h8,19-20,22-27,31-33H,7,9-18H2,1-6H3;2H,1H3/t19-,20-,22+,23+,24+,25+,26+,27-,28+,29+,30-;/m1./s1. The molecule has 36 heavy (non-hydrogen) atoms. The van der Waals surface area contributed by atoms with Gasteiger partial charge in [0.2, 0.25) is 0 Å². The fourth-order valence-corrected chi connectivity index (χ4v) is 9.50. The van der Waals surface area contributed by atoms with Crippen LogP contribution < -0.4 is 0 Å². The Kier molecular flexibility index (Phi) is 9.81. The van der Waals surface area contributed by atoms with Crippen molar-refractivity contribution in [1.29, 1.82) is 0 Å². The Morgan fingerprint density at radius 1 is 1.11 bits per heavy atom. The number of ether oxygens (including phenoxy) is 1. The summed E-state index contributed by atoms with van der Waals surface area (Å²) >= 11 is 0. The molecule has 0 aromatic rings. The largest absolute Gasteiger partial charge is 0.400 e. The van der Waals surface area contributed by atoms with Gasteiger partial charge in [-0.1, -0.05) is 45.8 Å². The first kappa shape index (κ1) is 30.1. The van der Waals surface area contributed by atoms with E-state index < -0.39 is 11.7 Å². The van der Waals surface area contributed by atoms with Gasteiger partial charge in [-0.15, -0.1) is 0 Å². The molecule has 0 radical (unpaired) electrons. The summed E-state index contributed by atoms with van der Waals surface area (Å²) in [4.78, 5) is 0. The van der Waals surface area contributed by atoms with Crippen molar-refractivity contribution < 1.29 is 25.2 Å². The number of rotatable bonds is 8. The second-order valence-corrected chi connectivity index (χ2v) is 13.3. The van der Waals surface area contributed by atoms with Crippen LogP contribution in [0.5, 0.6) is 0 Å². The van der Waals surface area contributed by atoms with Crippen LogP contribution in [0.2, 0.25) is 0 Å². The van der Waals surface area contributed by atoms with Gasteiger partial charge in [-0.05, 0) is 111 Å². The predicted octanol–water partition coefficient (Wildman–Crippen LogP) is 5.35. The summed E-state index contributed by atoms with van der Waals surface area (Å²) in [7, 11) is 2.86. The van der Waals surface area contributed by atoms with Crippen LogP contribution in [-0.4, -0.2) is 59.1 Å². The molecule has 0 heterocycles. The van der Waals surface area contributed by atoms with E-state index >= 15 is 0 Å². The lowest BCUT2D eigenvalue weighted by molar-refractivity contribution is -0.155. The predicted molar refractivity (Wildman–Crippen MR) is 145 cm³/mol. The highest BCUT2D eigenvalue weighted by atomic mass is 16.5. The molecule has 0 spiro atoms. The number of allylic oxidation sites excluding steroid dienone is 1. The number of fused-ring (bicyclic) bond motifs is 5. The molecule has 0 aromatic carbocycles. The van der Waals surface area contributed by atoms with Crippen LogP contribution in [0, 0.1) is 46.3 Å². The van der Waals surface area contributed by atoms with Crippen LogP contribution in [0.15, 0.2) is 11.6 Å². The lowest BCUT2D eigenvalue weighted by atomic mass is 9.46. The molecular weight excluding hydrogens is 452 g/mol. The zero-order chi connectivity index (χ0) is 26.9. The summed E-state index contributed by atoms with van der Waals surface area (Å²) in [6.07, 6.45) is 13.0. The maximum Gasteiger partial charge on any atom is 0.0910 e. The van der Waals surface area contributed by atoms with Crippen LogP contribution >= 0.6 is 0 Å². The molecule has 0 aliphatic heterocycles. The van der Waals surface area contributed by atoms with Crippen LogP contribution in [0.4, 0.5) is 0 Å². The minimum Gasteiger partial charge on any atom is -0.400 e. The van der Waals surface area contributed by atoms with E-state index in [-0.39, 0.29) is 29.8 Å². The van der Waals surface area contributed by atoms with Crippen LogP contribution in [0.3, 0.4) is 0 Å². The van der Waals surface area contributed by atoms with Gasteiger partial charge in [-0.2, -0.15) is 0 Å². The van der Waals surface area contributed by atoms with Gasteiger partial charge in [0.25, 0.3) is 0 Å². The molecule has 0 unspecified atom stereocenters. The maximum absolute atomic E-state index is 11.8. The van der Waals surface area contributed by atoms with Crippen molar-refractivity contribution in [2.75, 3.05) is 20.8 Å². The van der Waals surface area contributed by atoms with Crippen LogP contribution in [-0.2, 0) is 4.74 Å². The van der Waals surface area contributed by atoms with Gasteiger partial charge in [0, 0.05) is 20.8 Å². The second-order valence-electron chi connectivity index (χ2n) is 13.3. The van der Waals surface area contributed by atoms with E-state index in [1.807, 2.05) is 14.0 Å². The third kappa shape index (κ3) is 5.09. The van der Waals surface area contributed by atoms with Crippen molar-refractivity contribution in [3.63, 3.8) is 0 Å². The molecule has 0 amide bonds. The van der Waals surface area contributed by atoms with Gasteiger partial charge in [-0.25, -0.2) is 0 Å². The van der Waals surface area contributed by atoms with Gasteiger partial charge in [-0.3, -0.25) is 0 Å². The molecule has 4 rings (SSSR count). The van der Waals surface area contributed by atoms with E-state index in [0.29, 0.717) is 29.8 Å². The van der Waals surface area contributed by atoms with Crippen LogP contribution in [0.1, 0.15) is 98.8 Å². The highest BCUT2D eigenvalue weighted by Crippen LogP contribution is 2.67. The van der Waals surface area contributed by atoms with Gasteiger partial charge in [0.05, 0.1) is 17.8 Å². The van der Waals surface area contributed by atoms with Crippen molar-refractivity contribution >= 4 is 0 Å². The molecule has 0 bridgehead atoms. The Labute approximate surface area is 220 Å². The summed E-state index contributed by atoms with van der Waals surface area (Å²) in [5, 5.41) is 39.8. The summed E-state index contributed by atoms with van der Waals surface area (Å²) in [5.74, 6) is 2.58. The first-order chi connectivity index (χ1) is 17.0. The molecule has 5 nitrogen and oxygen atoms in total. The van der Waals surface area contributed by atoms with E-state index in [2.05, 4.69) is 33.8 Å². The van der Waals surface area contributed by atoms with E-state index in [0.717, 1.165) is 38.7 Å². The van der Waals surface area contributed by atoms with Gasteiger partial charge < -0.3 is 25.2 Å². The van der Waals surface area contributed by atoms with Crippen molar-refractivity contribution in [1.82, 2.24) is 0 Å². The lowest BCUT2D eigenvalue weighted by Gasteiger charge is -2.59. The molecule has 4 N–H and O–H groups in total. The highest BCUT2D eigenvalue weighted by molar-refractivity contribution is 5.26. The lowest BCUT2D eigenvalue weighted by Crippen LogP contribution is -2.56. The number of aliphatic hydroxyl groups excluding tert-OH is 3. The average Bonchev–Trinajstić information content (AvgIpc) is 3.25. The van der Waals surface area contributed by atoms with E-state index in [4.69, 9.17) is 9.84 Å².